The predicted octanol–water partition coefficient (Wildman–Crippen LogP) is 5.46. The largest absolute Gasteiger partial charge is 0.380 e. The van der Waals surface area contributed by atoms with Gasteiger partial charge in [-0.05, 0) is 43.0 Å². The number of nitrogens with zero attached hydrogens (tertiary/aromatic N) is 5. The van der Waals surface area contributed by atoms with E-state index in [9.17, 15) is 12.8 Å². The average molecular weight is 571 g/mol. The minimum atomic E-state index is -4.26. The van der Waals surface area contributed by atoms with Crippen molar-refractivity contribution in [3.63, 3.8) is 0 Å². The Morgan fingerprint density at radius 1 is 1.12 bits per heavy atom. The second-order valence-electron chi connectivity index (χ2n) is 9.60. The van der Waals surface area contributed by atoms with Gasteiger partial charge in [-0.2, -0.15) is 9.49 Å². The Labute approximate surface area is 234 Å². The van der Waals surface area contributed by atoms with Gasteiger partial charge >= 0.3 is 0 Å². The number of hydrogen-bond donors (Lipinski definition) is 1. The summed E-state index contributed by atoms with van der Waals surface area (Å²) in [6, 6.07) is 8.62. The predicted molar refractivity (Wildman–Crippen MR) is 149 cm³/mol. The molecule has 0 saturated heterocycles. The highest BCUT2D eigenvalue weighted by Crippen LogP contribution is 2.31. The minimum absolute atomic E-state index is 0.0511. The molecule has 0 bridgehead atoms. The summed E-state index contributed by atoms with van der Waals surface area (Å²) in [5.41, 5.74) is 2.45. The summed E-state index contributed by atoms with van der Waals surface area (Å²) in [5, 5.41) is 8.25. The summed E-state index contributed by atoms with van der Waals surface area (Å²) in [4.78, 5) is 9.04. The van der Waals surface area contributed by atoms with E-state index in [0.717, 1.165) is 61.3 Å². The Hall–Kier alpha value is -3.64. The van der Waals surface area contributed by atoms with E-state index >= 15 is 0 Å². The standard InChI is InChI=1S/C28H35FN6O4S/c1-5-7-11-24-31-25(12-8-6-2)35(32-24)17-20-13-14-22(21(16-20)18-38-4)27-23(10-9-15-30-27)40(36,37)34-28-26(29)19(3)33-39-28/h9-10,13-16,34H,5-8,11-12,17-18H2,1-4H3. The van der Waals surface area contributed by atoms with Crippen LogP contribution in [0.3, 0.4) is 0 Å². The van der Waals surface area contributed by atoms with Crippen LogP contribution in [0.15, 0.2) is 45.9 Å². The van der Waals surface area contributed by atoms with Crippen LogP contribution in [0.2, 0.25) is 0 Å². The molecule has 1 aromatic carbocycles. The molecule has 0 atom stereocenters. The van der Waals surface area contributed by atoms with E-state index in [2.05, 4.69) is 28.7 Å². The van der Waals surface area contributed by atoms with Gasteiger partial charge in [0.25, 0.3) is 15.9 Å². The van der Waals surface area contributed by atoms with E-state index in [1.54, 1.807) is 7.11 Å². The first-order chi connectivity index (χ1) is 19.3. The highest BCUT2D eigenvalue weighted by atomic mass is 32.2. The molecule has 3 heterocycles. The molecule has 214 valence electrons. The van der Waals surface area contributed by atoms with Crippen LogP contribution in [0.5, 0.6) is 0 Å². The first kappa shape index (κ1) is 29.3. The number of anilines is 1. The molecule has 0 amide bonds. The molecule has 0 radical (unpaired) electrons. The van der Waals surface area contributed by atoms with Gasteiger partial charge in [-0.1, -0.05) is 50.0 Å². The van der Waals surface area contributed by atoms with Crippen molar-refractivity contribution in [3.8, 4) is 11.3 Å². The van der Waals surface area contributed by atoms with Gasteiger partial charge < -0.3 is 9.26 Å². The van der Waals surface area contributed by atoms with E-state index in [0.29, 0.717) is 12.1 Å². The molecule has 4 aromatic rings. The Morgan fingerprint density at radius 2 is 1.90 bits per heavy atom. The van der Waals surface area contributed by atoms with Crippen molar-refractivity contribution >= 4 is 15.9 Å². The molecule has 0 aliphatic heterocycles. The normalized spacial score (nSPS) is 11.7. The first-order valence-electron chi connectivity index (χ1n) is 13.4. The van der Waals surface area contributed by atoms with Gasteiger partial charge in [-0.15, -0.1) is 0 Å². The number of rotatable bonds is 14. The van der Waals surface area contributed by atoms with Gasteiger partial charge in [-0.25, -0.2) is 22.8 Å². The molecule has 0 aliphatic rings. The fourth-order valence-electron chi connectivity index (χ4n) is 4.35. The van der Waals surface area contributed by atoms with Gasteiger partial charge in [0.15, 0.2) is 5.82 Å². The molecule has 0 fully saturated rings. The number of benzene rings is 1. The second-order valence-corrected chi connectivity index (χ2v) is 11.3. The van der Waals surface area contributed by atoms with Crippen molar-refractivity contribution in [1.82, 2.24) is 24.9 Å². The van der Waals surface area contributed by atoms with Crippen LogP contribution < -0.4 is 4.72 Å². The zero-order valence-electron chi connectivity index (χ0n) is 23.3. The quantitative estimate of drug-likeness (QED) is 0.212. The van der Waals surface area contributed by atoms with Crippen LogP contribution in [-0.2, 0) is 40.8 Å². The van der Waals surface area contributed by atoms with Crippen molar-refractivity contribution in [2.24, 2.45) is 0 Å². The molecule has 0 saturated carbocycles. The number of aryl methyl sites for hydroxylation is 3. The van der Waals surface area contributed by atoms with Gasteiger partial charge in [0.1, 0.15) is 16.4 Å². The smallest absolute Gasteiger partial charge is 0.274 e. The Balaban J connectivity index is 1.68. The van der Waals surface area contributed by atoms with E-state index < -0.39 is 21.7 Å². The third-order valence-electron chi connectivity index (χ3n) is 6.44. The lowest BCUT2D eigenvalue weighted by Crippen LogP contribution is -2.15. The fourth-order valence-corrected chi connectivity index (χ4v) is 5.50. The zero-order valence-corrected chi connectivity index (χ0v) is 24.1. The van der Waals surface area contributed by atoms with Gasteiger partial charge in [0.2, 0.25) is 5.82 Å². The van der Waals surface area contributed by atoms with Crippen LogP contribution in [0.25, 0.3) is 11.3 Å². The first-order valence-corrected chi connectivity index (χ1v) is 14.9. The number of unbranched alkanes of at least 4 members (excludes halogenated alkanes) is 2. The minimum Gasteiger partial charge on any atom is -0.380 e. The summed E-state index contributed by atoms with van der Waals surface area (Å²) in [6.07, 6.45) is 7.42. The monoisotopic (exact) mass is 570 g/mol. The summed E-state index contributed by atoms with van der Waals surface area (Å²) in [6.45, 7) is 6.43. The molecule has 40 heavy (non-hydrogen) atoms. The third kappa shape index (κ3) is 6.73. The third-order valence-corrected chi connectivity index (χ3v) is 7.80. The summed E-state index contributed by atoms with van der Waals surface area (Å²) >= 11 is 0. The maximum atomic E-state index is 14.3. The lowest BCUT2D eigenvalue weighted by molar-refractivity contribution is 0.185. The number of sulfonamides is 1. The van der Waals surface area contributed by atoms with Crippen molar-refractivity contribution in [2.45, 2.75) is 77.3 Å². The average Bonchev–Trinajstić information content (AvgIpc) is 3.47. The lowest BCUT2D eigenvalue weighted by atomic mass is 10.0. The Morgan fingerprint density at radius 3 is 2.60 bits per heavy atom. The van der Waals surface area contributed by atoms with Crippen LogP contribution in [-0.4, -0.2) is 40.4 Å². The van der Waals surface area contributed by atoms with Crippen LogP contribution in [0.1, 0.15) is 68.0 Å². The molecule has 0 spiro atoms. The molecule has 10 nitrogen and oxygen atoms in total. The molecular formula is C28H35FN6O4S. The van der Waals surface area contributed by atoms with E-state index in [4.69, 9.17) is 19.3 Å². The van der Waals surface area contributed by atoms with Crippen molar-refractivity contribution < 1.29 is 22.1 Å². The summed E-state index contributed by atoms with van der Waals surface area (Å²) < 4.78 is 55.2. The van der Waals surface area contributed by atoms with E-state index in [1.165, 1.54) is 25.3 Å². The molecule has 4 rings (SSSR count). The Bertz CT molecular complexity index is 1550. The number of hydrogen-bond acceptors (Lipinski definition) is 8. The number of ether oxygens (including phenoxy) is 1. The van der Waals surface area contributed by atoms with E-state index in [1.807, 2.05) is 22.9 Å². The lowest BCUT2D eigenvalue weighted by Gasteiger charge is -2.15. The number of methoxy groups -OCH3 is 1. The summed E-state index contributed by atoms with van der Waals surface area (Å²) in [7, 11) is -2.69. The Kier molecular flexibility index (Phi) is 9.64. The maximum absolute atomic E-state index is 14.3. The second kappa shape index (κ2) is 13.1. The maximum Gasteiger partial charge on any atom is 0.274 e. The molecule has 1 N–H and O–H groups in total. The van der Waals surface area contributed by atoms with Gasteiger partial charge in [0.05, 0.1) is 18.8 Å². The van der Waals surface area contributed by atoms with Crippen LogP contribution in [0, 0.1) is 12.7 Å². The fraction of sp³-hybridized carbons (Fsp3) is 0.429. The van der Waals surface area contributed by atoms with Crippen LogP contribution >= 0.6 is 0 Å². The SMILES string of the molecule is CCCCc1nc(CCCC)n(Cc2ccc(-c3ncccc3S(=O)(=O)Nc3onc(C)c3F)c(COC)c2)n1. The molecule has 12 heteroatoms. The molecule has 3 aromatic heterocycles. The van der Waals surface area contributed by atoms with Crippen molar-refractivity contribution in [1.29, 1.82) is 0 Å². The van der Waals surface area contributed by atoms with Crippen molar-refractivity contribution in [2.75, 3.05) is 11.8 Å². The summed E-state index contributed by atoms with van der Waals surface area (Å²) in [5.74, 6) is 0.368. The van der Waals surface area contributed by atoms with Gasteiger partial charge in [-0.3, -0.25) is 4.98 Å². The molecule has 0 unspecified atom stereocenters. The molecule has 0 aliphatic carbocycles. The number of halogens is 1. The topological polar surface area (TPSA) is 125 Å². The number of pyridine rings is 1. The number of nitrogens with one attached hydrogen (secondary N) is 1. The van der Waals surface area contributed by atoms with E-state index in [-0.39, 0.29) is 22.9 Å². The zero-order chi connectivity index (χ0) is 28.7. The highest BCUT2D eigenvalue weighted by Gasteiger charge is 2.26. The number of aromatic nitrogens is 5. The van der Waals surface area contributed by atoms with Crippen LogP contribution in [0.4, 0.5) is 10.3 Å². The van der Waals surface area contributed by atoms with Crippen molar-refractivity contribution in [3.05, 3.63) is 70.8 Å². The van der Waals surface area contributed by atoms with Gasteiger partial charge in [0, 0.05) is 31.7 Å². The molecular weight excluding hydrogens is 535 g/mol. The highest BCUT2D eigenvalue weighted by molar-refractivity contribution is 7.92.